The minimum atomic E-state index is -1.15. The smallest absolute Gasteiger partial charge is 0.126 e. The van der Waals surface area contributed by atoms with Gasteiger partial charge in [0.15, 0.2) is 0 Å². The topological polar surface area (TPSA) is 52.3 Å². The number of ether oxygens (including phenoxy) is 1. The molecule has 1 atom stereocenters. The number of hydrogen-bond acceptors (Lipinski definition) is 3. The molecule has 0 radical (unpaired) electrons. The number of anilines is 1. The van der Waals surface area contributed by atoms with Gasteiger partial charge in [-0.3, -0.25) is 4.21 Å². The number of hydrogen-bond donors (Lipinski definition) is 1. The van der Waals surface area contributed by atoms with Crippen LogP contribution in [0.5, 0.6) is 5.75 Å². The van der Waals surface area contributed by atoms with E-state index in [0.29, 0.717) is 23.1 Å². The van der Waals surface area contributed by atoms with Crippen LogP contribution < -0.4 is 10.5 Å². The zero-order chi connectivity index (χ0) is 15.0. The molecule has 0 spiro atoms. The summed E-state index contributed by atoms with van der Waals surface area (Å²) < 4.78 is 18.3. The molecule has 5 heteroatoms. The Balaban J connectivity index is 1.92. The fraction of sp³-hybridized carbons (Fsp3) is 0.250. The lowest BCUT2D eigenvalue weighted by Crippen LogP contribution is -2.01. The summed E-state index contributed by atoms with van der Waals surface area (Å²) in [6, 6.07) is 9.21. The molecule has 2 N–H and O–H groups in total. The van der Waals surface area contributed by atoms with Gasteiger partial charge in [0, 0.05) is 27.6 Å². The van der Waals surface area contributed by atoms with Crippen molar-refractivity contribution >= 4 is 28.1 Å². The SMILES string of the molecule is Cc1cc(N)ccc1S(=O)Cc1cc(Cl)cc2c1OCC2. The standard InChI is InChI=1S/C16H16ClNO2S/c1-10-6-14(18)2-3-15(10)21(19)9-12-8-13(17)7-11-4-5-20-16(11)12/h2-3,6-8H,4-5,9,18H2,1H3. The highest BCUT2D eigenvalue weighted by Gasteiger charge is 2.20. The van der Waals surface area contributed by atoms with Crippen molar-refractivity contribution in [2.45, 2.75) is 24.0 Å². The Morgan fingerprint density at radius 1 is 1.33 bits per heavy atom. The first-order chi connectivity index (χ1) is 10.0. The molecule has 0 saturated heterocycles. The van der Waals surface area contributed by atoms with Crippen LogP contribution in [0.1, 0.15) is 16.7 Å². The molecule has 2 aromatic rings. The summed E-state index contributed by atoms with van der Waals surface area (Å²) in [4.78, 5) is 0.802. The van der Waals surface area contributed by atoms with Crippen LogP contribution in [0.15, 0.2) is 35.2 Å². The fourth-order valence-corrected chi connectivity index (χ4v) is 4.15. The monoisotopic (exact) mass is 321 g/mol. The molecular formula is C16H16ClNO2S. The summed E-state index contributed by atoms with van der Waals surface area (Å²) in [5, 5.41) is 0.667. The molecule has 110 valence electrons. The Morgan fingerprint density at radius 2 is 2.14 bits per heavy atom. The second-order valence-electron chi connectivity index (χ2n) is 5.17. The van der Waals surface area contributed by atoms with Crippen LogP contribution >= 0.6 is 11.6 Å². The van der Waals surface area contributed by atoms with E-state index in [9.17, 15) is 4.21 Å². The van der Waals surface area contributed by atoms with Crippen molar-refractivity contribution < 1.29 is 8.95 Å². The first-order valence-corrected chi connectivity index (χ1v) is 8.43. The van der Waals surface area contributed by atoms with Crippen LogP contribution in [0.25, 0.3) is 0 Å². The van der Waals surface area contributed by atoms with E-state index < -0.39 is 10.8 Å². The molecule has 3 nitrogen and oxygen atoms in total. The van der Waals surface area contributed by atoms with Crippen molar-refractivity contribution in [3.63, 3.8) is 0 Å². The summed E-state index contributed by atoms with van der Waals surface area (Å²) in [5.41, 5.74) is 9.36. The molecular weight excluding hydrogens is 306 g/mol. The number of halogens is 1. The van der Waals surface area contributed by atoms with E-state index >= 15 is 0 Å². The van der Waals surface area contributed by atoms with Crippen molar-refractivity contribution in [3.8, 4) is 5.75 Å². The van der Waals surface area contributed by atoms with Crippen molar-refractivity contribution in [1.82, 2.24) is 0 Å². The lowest BCUT2D eigenvalue weighted by molar-refractivity contribution is 0.354. The summed E-state index contributed by atoms with van der Waals surface area (Å²) in [7, 11) is -1.15. The molecule has 0 bridgehead atoms. The van der Waals surface area contributed by atoms with Crippen LogP contribution in [0.4, 0.5) is 5.69 Å². The minimum absolute atomic E-state index is 0.396. The van der Waals surface area contributed by atoms with Crippen molar-refractivity contribution in [3.05, 3.63) is 52.0 Å². The molecule has 0 aromatic heterocycles. The molecule has 1 aliphatic rings. The van der Waals surface area contributed by atoms with E-state index in [-0.39, 0.29) is 0 Å². The van der Waals surface area contributed by atoms with Gasteiger partial charge in [0.2, 0.25) is 0 Å². The van der Waals surface area contributed by atoms with Gasteiger partial charge in [0.1, 0.15) is 5.75 Å². The number of rotatable bonds is 3. The Hall–Kier alpha value is -1.52. The summed E-state index contributed by atoms with van der Waals surface area (Å²) >= 11 is 6.14. The van der Waals surface area contributed by atoms with Crippen LogP contribution in [0.2, 0.25) is 5.02 Å². The van der Waals surface area contributed by atoms with E-state index in [1.807, 2.05) is 31.2 Å². The maximum absolute atomic E-state index is 12.6. The molecule has 2 aromatic carbocycles. The summed E-state index contributed by atoms with van der Waals surface area (Å²) in [5.74, 6) is 1.24. The lowest BCUT2D eigenvalue weighted by Gasteiger charge is -2.11. The van der Waals surface area contributed by atoms with Crippen LogP contribution in [0.3, 0.4) is 0 Å². The second kappa shape index (κ2) is 5.70. The molecule has 0 amide bonds. The van der Waals surface area contributed by atoms with E-state index in [2.05, 4.69) is 0 Å². The van der Waals surface area contributed by atoms with E-state index in [1.165, 1.54) is 0 Å². The van der Waals surface area contributed by atoms with Gasteiger partial charge in [0.25, 0.3) is 0 Å². The lowest BCUT2D eigenvalue weighted by atomic mass is 10.1. The highest BCUT2D eigenvalue weighted by molar-refractivity contribution is 7.84. The number of aryl methyl sites for hydroxylation is 1. The Kier molecular flexibility index (Phi) is 3.91. The second-order valence-corrected chi connectivity index (χ2v) is 7.02. The van der Waals surface area contributed by atoms with E-state index in [4.69, 9.17) is 22.1 Å². The maximum Gasteiger partial charge on any atom is 0.126 e. The normalized spacial score (nSPS) is 14.6. The third kappa shape index (κ3) is 2.92. The number of fused-ring (bicyclic) bond motifs is 1. The molecule has 0 aliphatic carbocycles. The van der Waals surface area contributed by atoms with Gasteiger partial charge in [-0.2, -0.15) is 0 Å². The third-order valence-electron chi connectivity index (χ3n) is 3.56. The minimum Gasteiger partial charge on any atom is -0.493 e. The van der Waals surface area contributed by atoms with Crippen LogP contribution in [-0.4, -0.2) is 10.8 Å². The predicted octanol–water partition coefficient (Wildman–Crippen LogP) is 3.47. The van der Waals surface area contributed by atoms with Gasteiger partial charge in [-0.15, -0.1) is 0 Å². The molecule has 1 unspecified atom stereocenters. The molecule has 3 rings (SSSR count). The highest BCUT2D eigenvalue weighted by atomic mass is 35.5. The molecule has 0 saturated carbocycles. The van der Waals surface area contributed by atoms with Crippen molar-refractivity contribution in [2.75, 3.05) is 12.3 Å². The Bertz CT molecular complexity index is 730. The van der Waals surface area contributed by atoms with Crippen LogP contribution in [0, 0.1) is 6.92 Å². The van der Waals surface area contributed by atoms with Crippen LogP contribution in [-0.2, 0) is 23.0 Å². The van der Waals surface area contributed by atoms with Gasteiger partial charge in [0.05, 0.1) is 23.2 Å². The average Bonchev–Trinajstić information content (AvgIpc) is 2.86. The largest absolute Gasteiger partial charge is 0.493 e. The zero-order valence-corrected chi connectivity index (χ0v) is 13.3. The molecule has 21 heavy (non-hydrogen) atoms. The maximum atomic E-state index is 12.6. The first-order valence-electron chi connectivity index (χ1n) is 6.73. The van der Waals surface area contributed by atoms with Gasteiger partial charge in [-0.05, 0) is 48.4 Å². The van der Waals surface area contributed by atoms with Gasteiger partial charge in [-0.1, -0.05) is 11.6 Å². The Morgan fingerprint density at radius 3 is 2.90 bits per heavy atom. The van der Waals surface area contributed by atoms with E-state index in [1.54, 1.807) is 6.07 Å². The number of nitrogen functional groups attached to an aromatic ring is 1. The fourth-order valence-electron chi connectivity index (χ4n) is 2.60. The predicted molar refractivity (Wildman–Crippen MR) is 86.4 cm³/mol. The quantitative estimate of drug-likeness (QED) is 0.881. The average molecular weight is 322 g/mol. The zero-order valence-electron chi connectivity index (χ0n) is 11.7. The molecule has 1 aliphatic heterocycles. The third-order valence-corrected chi connectivity index (χ3v) is 5.30. The van der Waals surface area contributed by atoms with Gasteiger partial charge in [-0.25, -0.2) is 0 Å². The first kappa shape index (κ1) is 14.4. The van der Waals surface area contributed by atoms with Gasteiger partial charge < -0.3 is 10.5 Å². The van der Waals surface area contributed by atoms with E-state index in [0.717, 1.165) is 33.8 Å². The summed E-state index contributed by atoms with van der Waals surface area (Å²) in [6.45, 7) is 2.58. The number of benzene rings is 2. The van der Waals surface area contributed by atoms with Crippen molar-refractivity contribution in [1.29, 1.82) is 0 Å². The van der Waals surface area contributed by atoms with Gasteiger partial charge >= 0.3 is 0 Å². The summed E-state index contributed by atoms with van der Waals surface area (Å²) in [6.07, 6.45) is 0.858. The molecule has 1 heterocycles. The van der Waals surface area contributed by atoms with Crippen molar-refractivity contribution in [2.24, 2.45) is 0 Å². The number of nitrogens with two attached hydrogens (primary N) is 1. The molecule has 0 fully saturated rings. The Labute approximate surface area is 131 Å². The highest BCUT2D eigenvalue weighted by Crippen LogP contribution is 2.34.